The summed E-state index contributed by atoms with van der Waals surface area (Å²) in [5.41, 5.74) is 0.683. The van der Waals surface area contributed by atoms with Crippen LogP contribution in [0.1, 0.15) is 20.3 Å². The van der Waals surface area contributed by atoms with Crippen LogP contribution in [0.2, 0.25) is 0 Å². The summed E-state index contributed by atoms with van der Waals surface area (Å²) in [6.07, 6.45) is 2.46. The molecule has 0 saturated carbocycles. The van der Waals surface area contributed by atoms with Gasteiger partial charge in [0.15, 0.2) is 0 Å². The molecule has 0 aromatic heterocycles. The van der Waals surface area contributed by atoms with E-state index in [1.54, 1.807) is 13.0 Å². The van der Waals surface area contributed by atoms with E-state index in [9.17, 15) is 0 Å². The van der Waals surface area contributed by atoms with Gasteiger partial charge in [-0.2, -0.15) is 10.5 Å². The summed E-state index contributed by atoms with van der Waals surface area (Å²) in [6.45, 7) is 3.57. The smallest absolute Gasteiger partial charge is 0.0940 e. The molecule has 0 aliphatic heterocycles. The Morgan fingerprint density at radius 1 is 1.60 bits per heavy atom. The van der Waals surface area contributed by atoms with E-state index in [2.05, 4.69) is 6.07 Å². The van der Waals surface area contributed by atoms with E-state index in [1.165, 1.54) is 0 Å². The second-order valence-corrected chi connectivity index (χ2v) is 2.26. The zero-order valence-corrected chi connectivity index (χ0v) is 6.26. The van der Waals surface area contributed by atoms with Gasteiger partial charge in [0.2, 0.25) is 0 Å². The van der Waals surface area contributed by atoms with Crippen molar-refractivity contribution in [3.63, 3.8) is 0 Å². The Bertz CT molecular complexity index is 202. The van der Waals surface area contributed by atoms with Crippen LogP contribution in [-0.2, 0) is 0 Å². The zero-order valence-electron chi connectivity index (χ0n) is 6.26. The zero-order chi connectivity index (χ0) is 7.98. The fraction of sp³-hybridized carbons (Fsp3) is 0.500. The number of rotatable bonds is 2. The molecule has 52 valence electrons. The number of hydrogen-bond donors (Lipinski definition) is 0. The van der Waals surface area contributed by atoms with Gasteiger partial charge in [-0.25, -0.2) is 0 Å². The largest absolute Gasteiger partial charge is 0.198 e. The molecule has 0 saturated heterocycles. The third-order valence-corrected chi connectivity index (χ3v) is 1.17. The van der Waals surface area contributed by atoms with Crippen molar-refractivity contribution in [2.24, 2.45) is 5.92 Å². The first kappa shape index (κ1) is 8.72. The lowest BCUT2D eigenvalue weighted by Crippen LogP contribution is -1.85. The van der Waals surface area contributed by atoms with Gasteiger partial charge >= 0.3 is 0 Å². The van der Waals surface area contributed by atoms with Crippen LogP contribution >= 0.6 is 0 Å². The van der Waals surface area contributed by atoms with E-state index in [-0.39, 0.29) is 5.92 Å². The van der Waals surface area contributed by atoms with Gasteiger partial charge in [-0.05, 0) is 20.3 Å². The van der Waals surface area contributed by atoms with Crippen LogP contribution in [-0.4, -0.2) is 0 Å². The summed E-state index contributed by atoms with van der Waals surface area (Å²) in [7, 11) is 0. The maximum atomic E-state index is 8.36. The predicted molar refractivity (Wildman–Crippen MR) is 38.8 cm³/mol. The molecule has 0 radical (unpaired) electrons. The first-order valence-corrected chi connectivity index (χ1v) is 3.17. The highest BCUT2D eigenvalue weighted by Gasteiger charge is 1.94. The monoisotopic (exact) mass is 134 g/mol. The van der Waals surface area contributed by atoms with E-state index < -0.39 is 0 Å². The average Bonchev–Trinajstić information content (AvgIpc) is 1.99. The van der Waals surface area contributed by atoms with Crippen LogP contribution in [0.15, 0.2) is 11.6 Å². The molecule has 10 heavy (non-hydrogen) atoms. The molecule has 2 heteroatoms. The Hall–Kier alpha value is -1.28. The van der Waals surface area contributed by atoms with Gasteiger partial charge in [-0.15, -0.1) is 0 Å². The van der Waals surface area contributed by atoms with Crippen LogP contribution in [0.25, 0.3) is 0 Å². The molecular formula is C8H10N2. The summed E-state index contributed by atoms with van der Waals surface area (Å²) in [5, 5.41) is 16.7. The third kappa shape index (κ3) is 3.69. The molecule has 0 fully saturated rings. The van der Waals surface area contributed by atoms with Crippen LogP contribution in [0.5, 0.6) is 0 Å². The van der Waals surface area contributed by atoms with E-state index in [0.29, 0.717) is 12.0 Å². The standard InChI is InChI=1S/C8H10N2/c1-7(5-9)3-4-8(2)6-10/h3,8H,4H2,1-2H3/b7-3-/t8-/m0/s1. The van der Waals surface area contributed by atoms with Crippen molar-refractivity contribution in [1.29, 1.82) is 10.5 Å². The van der Waals surface area contributed by atoms with E-state index in [4.69, 9.17) is 10.5 Å². The molecule has 0 rings (SSSR count). The molecule has 0 N–H and O–H groups in total. The summed E-state index contributed by atoms with van der Waals surface area (Å²) >= 11 is 0. The molecule has 1 atom stereocenters. The van der Waals surface area contributed by atoms with E-state index in [1.807, 2.05) is 13.0 Å². The summed E-state index contributed by atoms with van der Waals surface area (Å²) in [5.74, 6) is 0.0169. The van der Waals surface area contributed by atoms with Gasteiger partial charge in [0, 0.05) is 11.5 Å². The Morgan fingerprint density at radius 2 is 2.20 bits per heavy atom. The lowest BCUT2D eigenvalue weighted by molar-refractivity contribution is 0.758. The number of nitriles is 2. The van der Waals surface area contributed by atoms with Crippen LogP contribution in [0, 0.1) is 28.6 Å². The minimum Gasteiger partial charge on any atom is -0.198 e. The predicted octanol–water partition coefficient (Wildman–Crippen LogP) is 2.01. The van der Waals surface area contributed by atoms with Crippen molar-refractivity contribution in [1.82, 2.24) is 0 Å². The topological polar surface area (TPSA) is 47.6 Å². The van der Waals surface area contributed by atoms with Crippen molar-refractivity contribution in [2.45, 2.75) is 20.3 Å². The molecule has 0 heterocycles. The van der Waals surface area contributed by atoms with Gasteiger partial charge in [-0.1, -0.05) is 6.08 Å². The molecule has 0 aromatic carbocycles. The molecule has 0 unspecified atom stereocenters. The normalized spacial score (nSPS) is 13.4. The maximum Gasteiger partial charge on any atom is 0.0940 e. The number of nitrogens with zero attached hydrogens (tertiary/aromatic N) is 2. The minimum atomic E-state index is 0.0169. The van der Waals surface area contributed by atoms with Crippen molar-refractivity contribution in [3.05, 3.63) is 11.6 Å². The summed E-state index contributed by atoms with van der Waals surface area (Å²) in [6, 6.07) is 4.09. The van der Waals surface area contributed by atoms with Gasteiger partial charge in [0.25, 0.3) is 0 Å². The lowest BCUT2D eigenvalue weighted by Gasteiger charge is -1.93. The fourth-order valence-electron chi connectivity index (χ4n) is 0.452. The van der Waals surface area contributed by atoms with Gasteiger partial charge in [0.05, 0.1) is 12.1 Å². The second-order valence-electron chi connectivity index (χ2n) is 2.26. The number of allylic oxidation sites excluding steroid dienone is 2. The summed E-state index contributed by atoms with van der Waals surface area (Å²) < 4.78 is 0. The highest BCUT2D eigenvalue weighted by Crippen LogP contribution is 2.02. The molecule has 0 amide bonds. The van der Waals surface area contributed by atoms with E-state index in [0.717, 1.165) is 0 Å². The molecule has 0 aromatic rings. The third-order valence-electron chi connectivity index (χ3n) is 1.17. The molecule has 0 spiro atoms. The molecule has 0 aliphatic carbocycles. The minimum absolute atomic E-state index is 0.0169. The first-order chi connectivity index (χ1) is 4.70. The average molecular weight is 134 g/mol. The molecule has 0 bridgehead atoms. The van der Waals surface area contributed by atoms with Crippen molar-refractivity contribution in [3.8, 4) is 12.1 Å². The fourth-order valence-corrected chi connectivity index (χ4v) is 0.452. The first-order valence-electron chi connectivity index (χ1n) is 3.17. The Kier molecular flexibility index (Phi) is 4.00. The van der Waals surface area contributed by atoms with Gasteiger partial charge in [0.1, 0.15) is 0 Å². The van der Waals surface area contributed by atoms with E-state index >= 15 is 0 Å². The quantitative estimate of drug-likeness (QED) is 0.542. The highest BCUT2D eigenvalue weighted by atomic mass is 14.3. The highest BCUT2D eigenvalue weighted by molar-refractivity contribution is 5.17. The molecular weight excluding hydrogens is 124 g/mol. The SMILES string of the molecule is C/C(C#N)=C/C[C@H](C)C#N. The van der Waals surface area contributed by atoms with Gasteiger partial charge < -0.3 is 0 Å². The molecule has 0 aliphatic rings. The Morgan fingerprint density at radius 3 is 2.60 bits per heavy atom. The maximum absolute atomic E-state index is 8.36. The van der Waals surface area contributed by atoms with Gasteiger partial charge in [-0.3, -0.25) is 0 Å². The Balaban J connectivity index is 3.78. The van der Waals surface area contributed by atoms with Crippen molar-refractivity contribution >= 4 is 0 Å². The van der Waals surface area contributed by atoms with Crippen LogP contribution < -0.4 is 0 Å². The summed E-state index contributed by atoms with van der Waals surface area (Å²) in [4.78, 5) is 0. The lowest BCUT2D eigenvalue weighted by atomic mass is 10.1. The van der Waals surface area contributed by atoms with Crippen molar-refractivity contribution < 1.29 is 0 Å². The second kappa shape index (κ2) is 4.58. The van der Waals surface area contributed by atoms with Crippen LogP contribution in [0.3, 0.4) is 0 Å². The van der Waals surface area contributed by atoms with Crippen LogP contribution in [0.4, 0.5) is 0 Å². The Labute approximate surface area is 61.4 Å². The molecule has 2 nitrogen and oxygen atoms in total. The number of hydrogen-bond acceptors (Lipinski definition) is 2. The van der Waals surface area contributed by atoms with Crippen molar-refractivity contribution in [2.75, 3.05) is 0 Å².